The van der Waals surface area contributed by atoms with Crippen LogP contribution in [0.4, 0.5) is 0 Å². The maximum absolute atomic E-state index is 5.80. The molecular weight excluding hydrogens is 250 g/mol. The highest BCUT2D eigenvalue weighted by molar-refractivity contribution is 5.43. The molecule has 0 spiro atoms. The van der Waals surface area contributed by atoms with Gasteiger partial charge in [-0.15, -0.1) is 0 Å². The molecule has 1 aromatic carbocycles. The van der Waals surface area contributed by atoms with Crippen molar-refractivity contribution in [1.29, 1.82) is 0 Å². The van der Waals surface area contributed by atoms with Gasteiger partial charge < -0.3 is 14.5 Å². The molecule has 2 atom stereocenters. The van der Waals surface area contributed by atoms with Crippen molar-refractivity contribution < 1.29 is 9.15 Å². The monoisotopic (exact) mass is 271 g/mol. The number of fused-ring (bicyclic) bond motifs is 1. The van der Waals surface area contributed by atoms with Crippen LogP contribution in [0.3, 0.4) is 0 Å². The molecule has 20 heavy (non-hydrogen) atoms. The lowest BCUT2D eigenvalue weighted by Gasteiger charge is -2.17. The molecule has 1 aromatic heterocycles. The van der Waals surface area contributed by atoms with Crippen molar-refractivity contribution in [2.45, 2.75) is 39.3 Å². The SMILES string of the molecule is CCNC(c1ccc2c(c1)CC(C)O2)c1ccc(C)o1. The van der Waals surface area contributed by atoms with Gasteiger partial charge in [0.1, 0.15) is 23.4 Å². The number of benzene rings is 1. The van der Waals surface area contributed by atoms with Crippen molar-refractivity contribution in [3.63, 3.8) is 0 Å². The Morgan fingerprint density at radius 2 is 2.15 bits per heavy atom. The van der Waals surface area contributed by atoms with Gasteiger partial charge in [-0.3, -0.25) is 0 Å². The maximum Gasteiger partial charge on any atom is 0.125 e. The van der Waals surface area contributed by atoms with E-state index in [1.807, 2.05) is 13.0 Å². The fourth-order valence-electron chi connectivity index (χ4n) is 2.82. The third kappa shape index (κ3) is 2.46. The van der Waals surface area contributed by atoms with Gasteiger partial charge in [-0.05, 0) is 55.8 Å². The summed E-state index contributed by atoms with van der Waals surface area (Å²) in [5.41, 5.74) is 2.53. The van der Waals surface area contributed by atoms with Gasteiger partial charge in [-0.2, -0.15) is 0 Å². The van der Waals surface area contributed by atoms with Gasteiger partial charge in [0, 0.05) is 6.42 Å². The lowest BCUT2D eigenvalue weighted by Crippen LogP contribution is -2.21. The Hall–Kier alpha value is -1.74. The van der Waals surface area contributed by atoms with Crippen LogP contribution in [0.25, 0.3) is 0 Å². The Balaban J connectivity index is 1.94. The predicted octanol–water partition coefficient (Wildman–Crippen LogP) is 3.61. The van der Waals surface area contributed by atoms with Gasteiger partial charge >= 0.3 is 0 Å². The summed E-state index contributed by atoms with van der Waals surface area (Å²) >= 11 is 0. The van der Waals surface area contributed by atoms with Crippen molar-refractivity contribution in [3.05, 3.63) is 53.0 Å². The van der Waals surface area contributed by atoms with Gasteiger partial charge in [0.2, 0.25) is 0 Å². The van der Waals surface area contributed by atoms with E-state index >= 15 is 0 Å². The molecule has 2 unspecified atom stereocenters. The predicted molar refractivity (Wildman–Crippen MR) is 79.2 cm³/mol. The molecule has 0 saturated heterocycles. The van der Waals surface area contributed by atoms with Gasteiger partial charge in [-0.25, -0.2) is 0 Å². The summed E-state index contributed by atoms with van der Waals surface area (Å²) < 4.78 is 11.6. The quantitative estimate of drug-likeness (QED) is 0.922. The zero-order chi connectivity index (χ0) is 14.1. The number of aryl methyl sites for hydroxylation is 1. The molecule has 2 aromatic rings. The Morgan fingerprint density at radius 1 is 1.30 bits per heavy atom. The number of nitrogens with one attached hydrogen (secondary N) is 1. The average Bonchev–Trinajstić information content (AvgIpc) is 3.00. The summed E-state index contributed by atoms with van der Waals surface area (Å²) in [6.07, 6.45) is 1.27. The zero-order valence-electron chi connectivity index (χ0n) is 12.3. The van der Waals surface area contributed by atoms with Crippen molar-refractivity contribution >= 4 is 0 Å². The summed E-state index contributed by atoms with van der Waals surface area (Å²) in [4.78, 5) is 0. The van der Waals surface area contributed by atoms with Crippen molar-refractivity contribution in [2.24, 2.45) is 0 Å². The molecule has 0 bridgehead atoms. The number of hydrogen-bond acceptors (Lipinski definition) is 3. The molecule has 3 heteroatoms. The first kappa shape index (κ1) is 13.3. The second kappa shape index (κ2) is 5.33. The second-order valence-electron chi connectivity index (χ2n) is 5.44. The fraction of sp³-hybridized carbons (Fsp3) is 0.412. The van der Waals surface area contributed by atoms with Crippen LogP contribution < -0.4 is 10.1 Å². The van der Waals surface area contributed by atoms with Gasteiger partial charge in [-0.1, -0.05) is 13.0 Å². The normalized spacial score (nSPS) is 18.6. The molecule has 3 nitrogen and oxygen atoms in total. The van der Waals surface area contributed by atoms with Gasteiger partial charge in [0.25, 0.3) is 0 Å². The van der Waals surface area contributed by atoms with Gasteiger partial charge in [0.05, 0.1) is 6.04 Å². The highest BCUT2D eigenvalue weighted by atomic mass is 16.5. The van der Waals surface area contributed by atoms with Crippen LogP contribution in [-0.4, -0.2) is 12.6 Å². The first-order valence-corrected chi connectivity index (χ1v) is 7.26. The van der Waals surface area contributed by atoms with Crippen molar-refractivity contribution in [1.82, 2.24) is 5.32 Å². The molecule has 0 fully saturated rings. The minimum Gasteiger partial charge on any atom is -0.490 e. The summed E-state index contributed by atoms with van der Waals surface area (Å²) in [6, 6.07) is 10.6. The fourth-order valence-corrected chi connectivity index (χ4v) is 2.82. The van der Waals surface area contributed by atoms with Crippen LogP contribution in [-0.2, 0) is 6.42 Å². The van der Waals surface area contributed by atoms with Crippen molar-refractivity contribution in [3.8, 4) is 5.75 Å². The van der Waals surface area contributed by atoms with E-state index in [1.54, 1.807) is 0 Å². The first-order valence-electron chi connectivity index (χ1n) is 7.26. The number of ether oxygens (including phenoxy) is 1. The summed E-state index contributed by atoms with van der Waals surface area (Å²) in [7, 11) is 0. The van der Waals surface area contributed by atoms with E-state index in [0.29, 0.717) is 0 Å². The maximum atomic E-state index is 5.80. The minimum absolute atomic E-state index is 0.106. The van der Waals surface area contributed by atoms with E-state index in [2.05, 4.69) is 43.4 Å². The van der Waals surface area contributed by atoms with Gasteiger partial charge in [0.15, 0.2) is 0 Å². The lowest BCUT2D eigenvalue weighted by molar-refractivity contribution is 0.254. The number of furan rings is 1. The summed E-state index contributed by atoms with van der Waals surface area (Å²) in [5, 5.41) is 3.50. The molecule has 106 valence electrons. The van der Waals surface area contributed by atoms with Crippen LogP contribution in [0.5, 0.6) is 5.75 Å². The molecule has 0 aliphatic carbocycles. The van der Waals surface area contributed by atoms with Crippen LogP contribution in [0, 0.1) is 6.92 Å². The molecule has 1 aliphatic rings. The Morgan fingerprint density at radius 3 is 2.85 bits per heavy atom. The number of hydrogen-bond donors (Lipinski definition) is 1. The largest absolute Gasteiger partial charge is 0.490 e. The van der Waals surface area contributed by atoms with E-state index in [0.717, 1.165) is 30.2 Å². The Bertz CT molecular complexity index is 603. The van der Waals surface area contributed by atoms with E-state index in [-0.39, 0.29) is 12.1 Å². The lowest BCUT2D eigenvalue weighted by atomic mass is 10.00. The standard InChI is InChI=1S/C17H21NO2/c1-4-18-17(16-7-5-11(2)19-16)13-6-8-15-14(10-13)9-12(3)20-15/h5-8,10,12,17-18H,4,9H2,1-3H3. The molecule has 0 saturated carbocycles. The zero-order valence-corrected chi connectivity index (χ0v) is 12.3. The average molecular weight is 271 g/mol. The van der Waals surface area contributed by atoms with Crippen LogP contribution in [0.15, 0.2) is 34.7 Å². The van der Waals surface area contributed by atoms with Crippen LogP contribution in [0.1, 0.15) is 42.5 Å². The number of rotatable bonds is 4. The third-order valence-electron chi connectivity index (χ3n) is 3.71. The summed E-state index contributed by atoms with van der Waals surface area (Å²) in [5.74, 6) is 2.93. The highest BCUT2D eigenvalue weighted by Gasteiger charge is 2.22. The van der Waals surface area contributed by atoms with E-state index in [4.69, 9.17) is 9.15 Å². The topological polar surface area (TPSA) is 34.4 Å². The molecule has 1 N–H and O–H groups in total. The smallest absolute Gasteiger partial charge is 0.125 e. The molecule has 3 rings (SSSR count). The summed E-state index contributed by atoms with van der Waals surface area (Å²) in [6.45, 7) is 7.10. The highest BCUT2D eigenvalue weighted by Crippen LogP contribution is 2.33. The van der Waals surface area contributed by atoms with Crippen LogP contribution in [0.2, 0.25) is 0 Å². The molecule has 0 amide bonds. The molecule has 2 heterocycles. The Labute approximate surface area is 119 Å². The van der Waals surface area contributed by atoms with Crippen molar-refractivity contribution in [2.75, 3.05) is 6.54 Å². The molecular formula is C17H21NO2. The van der Waals surface area contributed by atoms with E-state index in [1.165, 1.54) is 11.1 Å². The van der Waals surface area contributed by atoms with Crippen LogP contribution >= 0.6 is 0 Å². The molecule has 0 radical (unpaired) electrons. The molecule has 1 aliphatic heterocycles. The third-order valence-corrected chi connectivity index (χ3v) is 3.71. The van der Waals surface area contributed by atoms with E-state index in [9.17, 15) is 0 Å². The second-order valence-corrected chi connectivity index (χ2v) is 5.44. The van der Waals surface area contributed by atoms with E-state index < -0.39 is 0 Å². The Kier molecular flexibility index (Phi) is 3.53. The minimum atomic E-state index is 0.106. The first-order chi connectivity index (χ1) is 9.67.